The molecule has 2 aliphatic heterocycles. The predicted octanol–water partition coefficient (Wildman–Crippen LogP) is 2.69. The standard InChI is InChI=1S/C22H27N3O2/c23-15-19-7-3-11-24(19)22(27)20-8-4-12-25(20)21(26)10-9-16-13-17-5-1-2-6-18(17)14-16/h1-2,5-6,16,19-20H,3-4,7-14H2/t19-,20+/m0/s1. The zero-order valence-electron chi connectivity index (χ0n) is 15.8. The van der Waals surface area contributed by atoms with Gasteiger partial charge in [-0.2, -0.15) is 5.26 Å². The first-order valence-electron chi connectivity index (χ1n) is 10.2. The number of nitrogens with zero attached hydrogens (tertiary/aromatic N) is 3. The molecule has 0 unspecified atom stereocenters. The molecule has 0 N–H and O–H groups in total. The van der Waals surface area contributed by atoms with E-state index in [4.69, 9.17) is 0 Å². The highest BCUT2D eigenvalue weighted by Gasteiger charge is 2.40. The van der Waals surface area contributed by atoms with Gasteiger partial charge in [0.25, 0.3) is 0 Å². The SMILES string of the molecule is N#C[C@@H]1CCCN1C(=O)[C@H]1CCCN1C(=O)CCC1Cc2ccccc2C1. The highest BCUT2D eigenvalue weighted by atomic mass is 16.2. The van der Waals surface area contributed by atoms with Crippen LogP contribution in [0, 0.1) is 17.2 Å². The number of carbonyl (C=O) groups excluding carboxylic acids is 2. The molecule has 3 aliphatic rings. The van der Waals surface area contributed by atoms with Gasteiger partial charge in [-0.25, -0.2) is 0 Å². The number of nitriles is 1. The largest absolute Gasteiger partial charge is 0.331 e. The van der Waals surface area contributed by atoms with Crippen molar-refractivity contribution in [1.29, 1.82) is 5.26 Å². The summed E-state index contributed by atoms with van der Waals surface area (Å²) in [6, 6.07) is 10.1. The van der Waals surface area contributed by atoms with Crippen molar-refractivity contribution < 1.29 is 9.59 Å². The van der Waals surface area contributed by atoms with Crippen LogP contribution < -0.4 is 0 Å². The van der Waals surface area contributed by atoms with E-state index in [1.807, 2.05) is 0 Å². The van der Waals surface area contributed by atoms with Crippen molar-refractivity contribution in [2.45, 2.75) is 63.5 Å². The summed E-state index contributed by atoms with van der Waals surface area (Å²) in [6.07, 6.45) is 6.76. The Balaban J connectivity index is 1.33. The maximum absolute atomic E-state index is 12.9. The number of hydrogen-bond acceptors (Lipinski definition) is 3. The van der Waals surface area contributed by atoms with Crippen molar-refractivity contribution in [3.63, 3.8) is 0 Å². The molecule has 27 heavy (non-hydrogen) atoms. The van der Waals surface area contributed by atoms with Crippen molar-refractivity contribution in [3.8, 4) is 6.07 Å². The highest BCUT2D eigenvalue weighted by molar-refractivity contribution is 5.88. The fraction of sp³-hybridized carbons (Fsp3) is 0.591. The number of carbonyl (C=O) groups is 2. The number of amides is 2. The van der Waals surface area contributed by atoms with Gasteiger partial charge in [0.05, 0.1) is 6.07 Å². The van der Waals surface area contributed by atoms with E-state index in [0.29, 0.717) is 25.4 Å². The van der Waals surface area contributed by atoms with E-state index in [-0.39, 0.29) is 23.9 Å². The topological polar surface area (TPSA) is 64.4 Å². The summed E-state index contributed by atoms with van der Waals surface area (Å²) in [5.74, 6) is 0.623. The Kier molecular flexibility index (Phi) is 5.15. The van der Waals surface area contributed by atoms with Gasteiger partial charge in [0.1, 0.15) is 12.1 Å². The summed E-state index contributed by atoms with van der Waals surface area (Å²) in [6.45, 7) is 1.32. The molecule has 2 heterocycles. The first kappa shape index (κ1) is 18.0. The van der Waals surface area contributed by atoms with Gasteiger partial charge in [0.15, 0.2) is 0 Å². The van der Waals surface area contributed by atoms with Crippen LogP contribution in [0.2, 0.25) is 0 Å². The third kappa shape index (κ3) is 3.58. The van der Waals surface area contributed by atoms with Gasteiger partial charge in [-0.05, 0) is 62.0 Å². The molecular weight excluding hydrogens is 338 g/mol. The predicted molar refractivity (Wildman–Crippen MR) is 102 cm³/mol. The summed E-state index contributed by atoms with van der Waals surface area (Å²) in [7, 11) is 0. The van der Waals surface area contributed by atoms with E-state index in [9.17, 15) is 14.9 Å². The van der Waals surface area contributed by atoms with Crippen LogP contribution in [-0.4, -0.2) is 46.8 Å². The summed E-state index contributed by atoms with van der Waals surface area (Å²) in [5, 5.41) is 9.26. The molecule has 5 heteroatoms. The van der Waals surface area contributed by atoms with E-state index in [2.05, 4.69) is 30.3 Å². The molecule has 1 aromatic carbocycles. The maximum atomic E-state index is 12.9. The molecule has 0 saturated carbocycles. The second-order valence-corrected chi connectivity index (χ2v) is 8.15. The van der Waals surface area contributed by atoms with Gasteiger partial charge in [-0.15, -0.1) is 0 Å². The summed E-state index contributed by atoms with van der Waals surface area (Å²) in [4.78, 5) is 29.3. The highest BCUT2D eigenvalue weighted by Crippen LogP contribution is 2.30. The molecule has 1 aromatic rings. The van der Waals surface area contributed by atoms with Crippen LogP contribution in [0.25, 0.3) is 0 Å². The molecule has 1 aliphatic carbocycles. The van der Waals surface area contributed by atoms with Crippen LogP contribution >= 0.6 is 0 Å². The number of fused-ring (bicyclic) bond motifs is 1. The molecule has 2 saturated heterocycles. The lowest BCUT2D eigenvalue weighted by atomic mass is 9.99. The third-order valence-corrected chi connectivity index (χ3v) is 6.45. The molecule has 2 atom stereocenters. The van der Waals surface area contributed by atoms with Gasteiger partial charge in [0.2, 0.25) is 11.8 Å². The molecular formula is C22H27N3O2. The van der Waals surface area contributed by atoms with Crippen LogP contribution in [0.1, 0.15) is 49.7 Å². The molecule has 142 valence electrons. The van der Waals surface area contributed by atoms with Gasteiger partial charge in [-0.3, -0.25) is 9.59 Å². The smallest absolute Gasteiger partial charge is 0.246 e. The number of likely N-dealkylation sites (tertiary alicyclic amines) is 2. The minimum atomic E-state index is -0.354. The third-order valence-electron chi connectivity index (χ3n) is 6.45. The number of benzene rings is 1. The Morgan fingerprint density at radius 1 is 1.04 bits per heavy atom. The minimum absolute atomic E-state index is 0.0156. The molecule has 2 fully saturated rings. The van der Waals surface area contributed by atoms with Crippen molar-refractivity contribution in [2.24, 2.45) is 5.92 Å². The van der Waals surface area contributed by atoms with Gasteiger partial charge >= 0.3 is 0 Å². The molecule has 0 bridgehead atoms. The van der Waals surface area contributed by atoms with E-state index in [1.54, 1.807) is 9.80 Å². The lowest BCUT2D eigenvalue weighted by Crippen LogP contribution is -2.49. The van der Waals surface area contributed by atoms with E-state index >= 15 is 0 Å². The first-order valence-corrected chi connectivity index (χ1v) is 10.2. The van der Waals surface area contributed by atoms with Crippen LogP contribution in [0.4, 0.5) is 0 Å². The lowest BCUT2D eigenvalue weighted by molar-refractivity contribution is -0.144. The molecule has 0 aromatic heterocycles. The van der Waals surface area contributed by atoms with Crippen LogP contribution in [0.5, 0.6) is 0 Å². The summed E-state index contributed by atoms with van der Waals surface area (Å²) in [5.41, 5.74) is 2.83. The molecule has 2 amide bonds. The fourth-order valence-corrected chi connectivity index (χ4v) is 5.00. The second kappa shape index (κ2) is 7.72. The summed E-state index contributed by atoms with van der Waals surface area (Å²) < 4.78 is 0. The van der Waals surface area contributed by atoms with Crippen molar-refractivity contribution in [1.82, 2.24) is 9.80 Å². The Morgan fingerprint density at radius 2 is 1.70 bits per heavy atom. The summed E-state index contributed by atoms with van der Waals surface area (Å²) >= 11 is 0. The van der Waals surface area contributed by atoms with Crippen LogP contribution in [-0.2, 0) is 22.4 Å². The zero-order valence-corrected chi connectivity index (χ0v) is 15.8. The zero-order chi connectivity index (χ0) is 18.8. The molecule has 4 rings (SSSR count). The minimum Gasteiger partial charge on any atom is -0.331 e. The number of rotatable bonds is 4. The molecule has 0 spiro atoms. The van der Waals surface area contributed by atoms with E-state index < -0.39 is 0 Å². The normalized spacial score (nSPS) is 24.9. The average Bonchev–Trinajstić information content (AvgIpc) is 3.43. The monoisotopic (exact) mass is 365 g/mol. The molecule has 0 radical (unpaired) electrons. The van der Waals surface area contributed by atoms with Crippen LogP contribution in [0.3, 0.4) is 0 Å². The quantitative estimate of drug-likeness (QED) is 0.824. The van der Waals surface area contributed by atoms with Crippen molar-refractivity contribution in [2.75, 3.05) is 13.1 Å². The van der Waals surface area contributed by atoms with E-state index in [1.165, 1.54) is 11.1 Å². The van der Waals surface area contributed by atoms with Gasteiger partial charge < -0.3 is 9.80 Å². The Bertz CT molecular complexity index is 744. The van der Waals surface area contributed by atoms with Crippen molar-refractivity contribution in [3.05, 3.63) is 35.4 Å². The maximum Gasteiger partial charge on any atom is 0.246 e. The fourth-order valence-electron chi connectivity index (χ4n) is 5.00. The Labute approximate surface area is 160 Å². The average molecular weight is 365 g/mol. The molecule has 5 nitrogen and oxygen atoms in total. The second-order valence-electron chi connectivity index (χ2n) is 8.15. The van der Waals surface area contributed by atoms with E-state index in [0.717, 1.165) is 44.9 Å². The van der Waals surface area contributed by atoms with Gasteiger partial charge in [-0.1, -0.05) is 24.3 Å². The van der Waals surface area contributed by atoms with Crippen molar-refractivity contribution >= 4 is 11.8 Å². The van der Waals surface area contributed by atoms with Crippen LogP contribution in [0.15, 0.2) is 24.3 Å². The lowest BCUT2D eigenvalue weighted by Gasteiger charge is -2.29. The first-order chi connectivity index (χ1) is 13.2. The Morgan fingerprint density at radius 3 is 2.41 bits per heavy atom. The number of hydrogen-bond donors (Lipinski definition) is 0. The van der Waals surface area contributed by atoms with Gasteiger partial charge in [0, 0.05) is 19.5 Å². The Hall–Kier alpha value is -2.35.